The molecule has 0 spiro atoms. The summed E-state index contributed by atoms with van der Waals surface area (Å²) in [6.45, 7) is 1.61. The van der Waals surface area contributed by atoms with E-state index >= 15 is 0 Å². The summed E-state index contributed by atoms with van der Waals surface area (Å²) in [6, 6.07) is 4.82. The Balaban J connectivity index is 3.35. The number of thiol groups is 1. The van der Waals surface area contributed by atoms with Crippen LogP contribution >= 0.6 is 12.6 Å². The second kappa shape index (κ2) is 2.93. The van der Waals surface area contributed by atoms with Crippen LogP contribution in [0.3, 0.4) is 0 Å². The second-order valence-electron chi connectivity index (χ2n) is 2.24. The lowest BCUT2D eigenvalue weighted by atomic mass is 10.1. The van der Waals surface area contributed by atoms with E-state index in [-0.39, 0.29) is 10.7 Å². The third-order valence-corrected chi connectivity index (χ3v) is 1.69. The van der Waals surface area contributed by atoms with Crippen LogP contribution < -0.4 is 0 Å². The van der Waals surface area contributed by atoms with E-state index in [1.807, 2.05) is 6.07 Å². The Labute approximate surface area is 69.9 Å². The quantitative estimate of drug-likeness (QED) is 0.589. The van der Waals surface area contributed by atoms with E-state index in [4.69, 9.17) is 5.26 Å². The Kier molecular flexibility index (Phi) is 2.16. The first-order valence-electron chi connectivity index (χ1n) is 3.04. The molecule has 0 N–H and O–H groups in total. The van der Waals surface area contributed by atoms with Crippen molar-refractivity contribution in [2.24, 2.45) is 0 Å². The Morgan fingerprint density at radius 3 is 2.64 bits per heavy atom. The number of nitrogens with zero attached hydrogens (tertiary/aromatic N) is 1. The molecule has 1 aromatic rings. The number of hydrogen-bond donors (Lipinski definition) is 1. The molecule has 0 radical (unpaired) electrons. The summed E-state index contributed by atoms with van der Waals surface area (Å²) < 4.78 is 12.9. The van der Waals surface area contributed by atoms with Gasteiger partial charge in [0.05, 0.1) is 11.6 Å². The number of nitriles is 1. The van der Waals surface area contributed by atoms with E-state index in [0.717, 1.165) is 0 Å². The number of rotatable bonds is 0. The molecular formula is C8H6FNS. The van der Waals surface area contributed by atoms with Crippen molar-refractivity contribution in [2.75, 3.05) is 0 Å². The minimum absolute atomic E-state index is 0.224. The van der Waals surface area contributed by atoms with Gasteiger partial charge in [0.1, 0.15) is 5.82 Å². The molecule has 0 aliphatic heterocycles. The minimum Gasteiger partial charge on any atom is -0.205 e. The van der Waals surface area contributed by atoms with Crippen LogP contribution in [0.5, 0.6) is 0 Å². The Bertz CT molecular complexity index is 304. The lowest BCUT2D eigenvalue weighted by Crippen LogP contribution is -1.86. The van der Waals surface area contributed by atoms with Gasteiger partial charge in [-0.05, 0) is 24.6 Å². The van der Waals surface area contributed by atoms with Crippen molar-refractivity contribution < 1.29 is 4.39 Å². The monoisotopic (exact) mass is 167 g/mol. The van der Waals surface area contributed by atoms with Gasteiger partial charge in [-0.2, -0.15) is 5.26 Å². The van der Waals surface area contributed by atoms with Crippen LogP contribution in [0.2, 0.25) is 0 Å². The molecule has 3 heteroatoms. The van der Waals surface area contributed by atoms with Crippen LogP contribution in [0.25, 0.3) is 0 Å². The first-order valence-corrected chi connectivity index (χ1v) is 3.49. The molecule has 0 aromatic heterocycles. The average molecular weight is 167 g/mol. The summed E-state index contributed by atoms with van der Waals surface area (Å²) in [5.41, 5.74) is 0.892. The van der Waals surface area contributed by atoms with Crippen molar-refractivity contribution in [3.8, 4) is 6.07 Å². The first kappa shape index (κ1) is 8.09. The normalized spacial score (nSPS) is 9.27. The van der Waals surface area contributed by atoms with Crippen LogP contribution in [0.15, 0.2) is 17.0 Å². The van der Waals surface area contributed by atoms with E-state index < -0.39 is 0 Å². The maximum Gasteiger partial charge on any atom is 0.139 e. The zero-order valence-corrected chi connectivity index (χ0v) is 6.82. The minimum atomic E-state index is -0.354. The highest BCUT2D eigenvalue weighted by Crippen LogP contribution is 2.17. The molecule has 1 rings (SSSR count). The van der Waals surface area contributed by atoms with E-state index in [1.165, 1.54) is 12.1 Å². The Hall–Kier alpha value is -1.01. The largest absolute Gasteiger partial charge is 0.205 e. The summed E-state index contributed by atoms with van der Waals surface area (Å²) in [4.78, 5) is 0.224. The standard InChI is InChI=1S/C8H6FNS/c1-5-2-6(4-10)3-7(11)8(5)9/h2-3,11H,1H3. The maximum absolute atomic E-state index is 12.9. The second-order valence-corrected chi connectivity index (χ2v) is 2.72. The van der Waals surface area contributed by atoms with Gasteiger partial charge in [0.2, 0.25) is 0 Å². The van der Waals surface area contributed by atoms with Gasteiger partial charge in [-0.15, -0.1) is 12.6 Å². The fourth-order valence-corrected chi connectivity index (χ4v) is 1.13. The van der Waals surface area contributed by atoms with Crippen LogP contribution in [0.4, 0.5) is 4.39 Å². The van der Waals surface area contributed by atoms with Gasteiger partial charge >= 0.3 is 0 Å². The predicted molar refractivity (Wildman–Crippen MR) is 43.1 cm³/mol. The van der Waals surface area contributed by atoms with Crippen molar-refractivity contribution in [1.29, 1.82) is 5.26 Å². The lowest BCUT2D eigenvalue weighted by molar-refractivity contribution is 0.593. The molecule has 1 nitrogen and oxygen atoms in total. The van der Waals surface area contributed by atoms with Crippen molar-refractivity contribution in [1.82, 2.24) is 0 Å². The SMILES string of the molecule is Cc1cc(C#N)cc(S)c1F. The van der Waals surface area contributed by atoms with Gasteiger partial charge in [0.25, 0.3) is 0 Å². The maximum atomic E-state index is 12.9. The zero-order valence-electron chi connectivity index (χ0n) is 5.93. The van der Waals surface area contributed by atoms with Crippen LogP contribution in [0.1, 0.15) is 11.1 Å². The molecule has 0 saturated carbocycles. The number of benzene rings is 1. The molecule has 0 unspecified atom stereocenters. The van der Waals surface area contributed by atoms with Crippen molar-refractivity contribution in [3.63, 3.8) is 0 Å². The molecule has 11 heavy (non-hydrogen) atoms. The molecule has 56 valence electrons. The summed E-state index contributed by atoms with van der Waals surface area (Å²) in [5.74, 6) is -0.354. The Morgan fingerprint density at radius 1 is 1.55 bits per heavy atom. The van der Waals surface area contributed by atoms with E-state index in [2.05, 4.69) is 12.6 Å². The van der Waals surface area contributed by atoms with Crippen LogP contribution in [0, 0.1) is 24.1 Å². The van der Waals surface area contributed by atoms with Crippen LogP contribution in [-0.2, 0) is 0 Å². The summed E-state index contributed by atoms with van der Waals surface area (Å²) in [6.07, 6.45) is 0. The van der Waals surface area contributed by atoms with Gasteiger partial charge in [0, 0.05) is 4.90 Å². The van der Waals surface area contributed by atoms with Crippen LogP contribution in [-0.4, -0.2) is 0 Å². The molecular weight excluding hydrogens is 161 g/mol. The topological polar surface area (TPSA) is 23.8 Å². The smallest absolute Gasteiger partial charge is 0.139 e. The van der Waals surface area contributed by atoms with E-state index in [0.29, 0.717) is 11.1 Å². The van der Waals surface area contributed by atoms with Gasteiger partial charge in [-0.3, -0.25) is 0 Å². The van der Waals surface area contributed by atoms with Gasteiger partial charge in [-0.25, -0.2) is 4.39 Å². The third kappa shape index (κ3) is 1.52. The van der Waals surface area contributed by atoms with Crippen molar-refractivity contribution >= 4 is 12.6 Å². The average Bonchev–Trinajstić information content (AvgIpc) is 1.99. The molecule has 0 amide bonds. The van der Waals surface area contributed by atoms with Gasteiger partial charge in [-0.1, -0.05) is 0 Å². The van der Waals surface area contributed by atoms with Crippen molar-refractivity contribution in [2.45, 2.75) is 11.8 Å². The molecule has 0 saturated heterocycles. The molecule has 1 aromatic carbocycles. The molecule has 0 aliphatic carbocycles. The highest BCUT2D eigenvalue weighted by Gasteiger charge is 2.03. The number of aryl methyl sites for hydroxylation is 1. The molecule has 0 bridgehead atoms. The lowest BCUT2D eigenvalue weighted by Gasteiger charge is -1.99. The first-order chi connectivity index (χ1) is 5.15. The molecule has 0 fully saturated rings. The predicted octanol–water partition coefficient (Wildman–Crippen LogP) is 2.29. The highest BCUT2D eigenvalue weighted by molar-refractivity contribution is 7.80. The van der Waals surface area contributed by atoms with Gasteiger partial charge < -0.3 is 0 Å². The van der Waals surface area contributed by atoms with Gasteiger partial charge in [0.15, 0.2) is 0 Å². The fourth-order valence-electron chi connectivity index (χ4n) is 0.815. The highest BCUT2D eigenvalue weighted by atomic mass is 32.1. The molecule has 0 heterocycles. The number of hydrogen-bond acceptors (Lipinski definition) is 2. The Morgan fingerprint density at radius 2 is 2.18 bits per heavy atom. The zero-order chi connectivity index (χ0) is 8.43. The summed E-state index contributed by atoms with van der Waals surface area (Å²) in [5, 5.41) is 8.47. The van der Waals surface area contributed by atoms with E-state index in [1.54, 1.807) is 6.92 Å². The molecule has 0 aliphatic rings. The van der Waals surface area contributed by atoms with Crippen molar-refractivity contribution in [3.05, 3.63) is 29.1 Å². The van der Waals surface area contributed by atoms with E-state index in [9.17, 15) is 4.39 Å². The number of halogens is 1. The molecule has 0 atom stereocenters. The summed E-state index contributed by atoms with van der Waals surface area (Å²) >= 11 is 3.87. The fraction of sp³-hybridized carbons (Fsp3) is 0.125. The third-order valence-electron chi connectivity index (χ3n) is 1.36. The summed E-state index contributed by atoms with van der Waals surface area (Å²) in [7, 11) is 0.